The number of rotatable bonds is 6. The van der Waals surface area contributed by atoms with Gasteiger partial charge in [0, 0.05) is 11.1 Å². The summed E-state index contributed by atoms with van der Waals surface area (Å²) in [5, 5.41) is 0. The minimum absolute atomic E-state index is 0.00203. The summed E-state index contributed by atoms with van der Waals surface area (Å²) in [6.45, 7) is -0.803. The highest BCUT2D eigenvalue weighted by Crippen LogP contribution is 2.39. The van der Waals surface area contributed by atoms with Crippen LogP contribution in [0.25, 0.3) is 5.76 Å². The van der Waals surface area contributed by atoms with E-state index in [1.54, 1.807) is 18.2 Å². The maximum absolute atomic E-state index is 13.5. The molecular formula is C23H17NO8S. The van der Waals surface area contributed by atoms with Crippen LogP contribution in [0, 0.1) is 0 Å². The quantitative estimate of drug-likeness (QED) is 0.401. The van der Waals surface area contributed by atoms with Gasteiger partial charge in [0.05, 0.1) is 18.3 Å². The van der Waals surface area contributed by atoms with Gasteiger partial charge in [-0.1, -0.05) is 42.5 Å². The van der Waals surface area contributed by atoms with Crippen molar-refractivity contribution >= 4 is 33.5 Å². The summed E-state index contributed by atoms with van der Waals surface area (Å²) in [4.78, 5) is 38.1. The van der Waals surface area contributed by atoms with Crippen LogP contribution in [-0.2, 0) is 24.3 Å². The van der Waals surface area contributed by atoms with Crippen LogP contribution in [0.2, 0.25) is 0 Å². The fourth-order valence-electron chi connectivity index (χ4n) is 3.29. The molecule has 168 valence electrons. The average molecular weight is 467 g/mol. The Kier molecular flexibility index (Phi) is 5.84. The molecule has 4 rings (SSSR count). The van der Waals surface area contributed by atoms with E-state index in [1.165, 1.54) is 54.8 Å². The van der Waals surface area contributed by atoms with Crippen molar-refractivity contribution in [3.63, 3.8) is 0 Å². The van der Waals surface area contributed by atoms with Crippen LogP contribution in [0.15, 0.2) is 88.0 Å². The number of hydrogen-bond acceptors (Lipinski definition) is 8. The first-order valence-corrected chi connectivity index (χ1v) is 11.1. The molecule has 33 heavy (non-hydrogen) atoms. The zero-order valence-corrected chi connectivity index (χ0v) is 18.1. The molecule has 0 atom stereocenters. The maximum atomic E-state index is 13.5. The van der Waals surface area contributed by atoms with Gasteiger partial charge in [-0.2, -0.15) is 0 Å². The predicted molar refractivity (Wildman–Crippen MR) is 114 cm³/mol. The second-order valence-electron chi connectivity index (χ2n) is 6.82. The molecule has 2 aromatic carbocycles. The van der Waals surface area contributed by atoms with Crippen molar-refractivity contribution in [2.75, 3.05) is 13.7 Å². The van der Waals surface area contributed by atoms with Crippen LogP contribution in [0.5, 0.6) is 0 Å². The third-order valence-corrected chi connectivity index (χ3v) is 6.64. The minimum Gasteiger partial charge on any atom is -0.468 e. The number of ketones is 1. The smallest absolute Gasteiger partial charge is 0.379 e. The molecule has 0 amide bonds. The van der Waals surface area contributed by atoms with Crippen molar-refractivity contribution in [3.8, 4) is 0 Å². The third kappa shape index (κ3) is 4.03. The number of ether oxygens (including phenoxy) is 2. The summed E-state index contributed by atoms with van der Waals surface area (Å²) < 4.78 is 42.7. The predicted octanol–water partition coefficient (Wildman–Crippen LogP) is 2.87. The molecule has 0 fully saturated rings. The van der Waals surface area contributed by atoms with E-state index in [0.717, 1.165) is 7.11 Å². The van der Waals surface area contributed by atoms with E-state index in [0.29, 0.717) is 4.31 Å². The van der Waals surface area contributed by atoms with E-state index >= 15 is 0 Å². The van der Waals surface area contributed by atoms with Crippen molar-refractivity contribution in [3.05, 3.63) is 95.6 Å². The molecule has 0 saturated carbocycles. The molecule has 0 radical (unpaired) electrons. The number of sulfonamides is 1. The van der Waals surface area contributed by atoms with Crippen molar-refractivity contribution in [2.24, 2.45) is 0 Å². The molecule has 0 spiro atoms. The lowest BCUT2D eigenvalue weighted by Gasteiger charge is -2.32. The Labute approximate surface area is 188 Å². The van der Waals surface area contributed by atoms with Crippen molar-refractivity contribution in [1.29, 1.82) is 0 Å². The average Bonchev–Trinajstić information content (AvgIpc) is 3.37. The molecule has 1 aliphatic heterocycles. The lowest BCUT2D eigenvalue weighted by atomic mass is 10.0. The maximum Gasteiger partial charge on any atom is 0.379 e. The molecular weight excluding hydrogens is 450 g/mol. The van der Waals surface area contributed by atoms with Crippen LogP contribution in [0.1, 0.15) is 26.5 Å². The van der Waals surface area contributed by atoms with E-state index in [1.807, 2.05) is 0 Å². The molecule has 2 heterocycles. The standard InChI is InChI=1S/C23H17NO8S/c1-30-19(25)14-24-20(21(26)15-8-3-2-4-9-15)22(32-23(27)17-11-7-13-31-17)16-10-5-6-12-18(16)33(24,28)29/h2-13H,14H2,1H3. The van der Waals surface area contributed by atoms with Gasteiger partial charge in [0.1, 0.15) is 12.2 Å². The van der Waals surface area contributed by atoms with Gasteiger partial charge >= 0.3 is 11.9 Å². The summed E-state index contributed by atoms with van der Waals surface area (Å²) in [6, 6.07) is 16.4. The summed E-state index contributed by atoms with van der Waals surface area (Å²) in [7, 11) is -3.28. The number of fused-ring (bicyclic) bond motifs is 1. The SMILES string of the molecule is COC(=O)CN1C(C(=O)c2ccccc2)=C(OC(=O)c2ccco2)c2ccccc2S1(=O)=O. The number of Topliss-reactive ketones (excluding diaryl/α,β-unsaturated/α-hetero) is 1. The molecule has 0 saturated heterocycles. The van der Waals surface area contributed by atoms with E-state index in [4.69, 9.17) is 9.15 Å². The van der Waals surface area contributed by atoms with Crippen molar-refractivity contribution < 1.29 is 36.7 Å². The highest BCUT2D eigenvalue weighted by molar-refractivity contribution is 7.89. The molecule has 1 aliphatic rings. The number of methoxy groups -OCH3 is 1. The zero-order valence-electron chi connectivity index (χ0n) is 17.3. The number of benzene rings is 2. The topological polar surface area (TPSA) is 120 Å². The Hall–Kier alpha value is -4.18. The summed E-state index contributed by atoms with van der Waals surface area (Å²) >= 11 is 0. The molecule has 3 aromatic rings. The van der Waals surface area contributed by atoms with Crippen LogP contribution in [-0.4, -0.2) is 44.1 Å². The minimum atomic E-state index is -4.37. The van der Waals surface area contributed by atoms with Gasteiger partial charge in [-0.3, -0.25) is 9.59 Å². The van der Waals surface area contributed by atoms with Crippen LogP contribution in [0.4, 0.5) is 0 Å². The number of carbonyl (C=O) groups is 3. The summed E-state index contributed by atoms with van der Waals surface area (Å²) in [5.74, 6) is -3.09. The fraction of sp³-hybridized carbons (Fsp3) is 0.0870. The molecule has 0 bridgehead atoms. The first-order valence-electron chi connectivity index (χ1n) is 9.63. The van der Waals surface area contributed by atoms with Crippen LogP contribution >= 0.6 is 0 Å². The van der Waals surface area contributed by atoms with E-state index in [-0.39, 0.29) is 27.5 Å². The molecule has 9 nitrogen and oxygen atoms in total. The first-order chi connectivity index (χ1) is 15.8. The Morgan fingerprint density at radius 2 is 1.64 bits per heavy atom. The lowest BCUT2D eigenvalue weighted by Crippen LogP contribution is -2.42. The number of furan rings is 1. The Morgan fingerprint density at radius 1 is 0.939 bits per heavy atom. The second-order valence-corrected chi connectivity index (χ2v) is 8.65. The van der Waals surface area contributed by atoms with Gasteiger partial charge in [0.15, 0.2) is 5.76 Å². The van der Waals surface area contributed by atoms with Gasteiger partial charge in [-0.25, -0.2) is 17.5 Å². The van der Waals surface area contributed by atoms with Crippen molar-refractivity contribution in [2.45, 2.75) is 4.90 Å². The van der Waals surface area contributed by atoms with E-state index < -0.39 is 40.0 Å². The number of nitrogens with zero attached hydrogens (tertiary/aromatic N) is 1. The summed E-state index contributed by atoms with van der Waals surface area (Å²) in [6.07, 6.45) is 1.27. The molecule has 0 aliphatic carbocycles. The van der Waals surface area contributed by atoms with E-state index in [9.17, 15) is 22.8 Å². The van der Waals surface area contributed by atoms with Gasteiger partial charge in [-0.15, -0.1) is 0 Å². The monoisotopic (exact) mass is 467 g/mol. The molecule has 1 aromatic heterocycles. The lowest BCUT2D eigenvalue weighted by molar-refractivity contribution is -0.140. The van der Waals surface area contributed by atoms with Gasteiger partial charge in [0.2, 0.25) is 11.5 Å². The third-order valence-electron chi connectivity index (χ3n) is 4.83. The number of allylic oxidation sites excluding steroid dienone is 1. The van der Waals surface area contributed by atoms with E-state index in [2.05, 4.69) is 4.74 Å². The van der Waals surface area contributed by atoms with Crippen LogP contribution < -0.4 is 0 Å². The van der Waals surface area contributed by atoms with Crippen LogP contribution in [0.3, 0.4) is 0 Å². The second kappa shape index (κ2) is 8.75. The Balaban J connectivity index is 1.98. The largest absolute Gasteiger partial charge is 0.468 e. The van der Waals surface area contributed by atoms with Gasteiger partial charge in [-0.05, 0) is 24.3 Å². The fourth-order valence-corrected chi connectivity index (χ4v) is 4.90. The van der Waals surface area contributed by atoms with Gasteiger partial charge < -0.3 is 13.9 Å². The molecule has 0 N–H and O–H groups in total. The summed E-state index contributed by atoms with van der Waals surface area (Å²) in [5.41, 5.74) is -0.369. The number of carbonyl (C=O) groups excluding carboxylic acids is 3. The number of hydrogen-bond donors (Lipinski definition) is 0. The molecule has 0 unspecified atom stereocenters. The Morgan fingerprint density at radius 3 is 2.30 bits per heavy atom. The Bertz CT molecular complexity index is 1360. The normalized spacial score (nSPS) is 14.4. The number of esters is 2. The first kappa shape index (κ1) is 22.0. The highest BCUT2D eigenvalue weighted by atomic mass is 32.2. The molecule has 10 heteroatoms. The zero-order chi connectivity index (χ0) is 23.6. The highest BCUT2D eigenvalue weighted by Gasteiger charge is 2.43. The van der Waals surface area contributed by atoms with Gasteiger partial charge in [0.25, 0.3) is 10.0 Å². The van der Waals surface area contributed by atoms with Crippen molar-refractivity contribution in [1.82, 2.24) is 4.31 Å².